The minimum Gasteiger partial charge on any atom is -0.356 e. The van der Waals surface area contributed by atoms with E-state index in [9.17, 15) is 18.0 Å². The number of halogens is 4. The molecule has 1 aromatic carbocycles. The average Bonchev–Trinajstić information content (AvgIpc) is 3.06. The lowest BCUT2D eigenvalue weighted by Gasteiger charge is -2.20. The van der Waals surface area contributed by atoms with Crippen molar-refractivity contribution >= 4 is 35.8 Å². The van der Waals surface area contributed by atoms with Gasteiger partial charge in [0.25, 0.3) is 0 Å². The molecule has 2 N–H and O–H groups in total. The molecule has 1 aromatic rings. The summed E-state index contributed by atoms with van der Waals surface area (Å²) in [6.07, 6.45) is -3.26. The second-order valence-corrected chi connectivity index (χ2v) is 6.96. The van der Waals surface area contributed by atoms with Gasteiger partial charge in [-0.05, 0) is 12.0 Å². The van der Waals surface area contributed by atoms with Crippen LogP contribution in [0.25, 0.3) is 0 Å². The van der Waals surface area contributed by atoms with Crippen LogP contribution < -0.4 is 10.6 Å². The van der Waals surface area contributed by atoms with Crippen molar-refractivity contribution in [1.82, 2.24) is 20.4 Å². The standard InChI is InChI=1S/C19H28F3N5O.HI/c1-23-18(25-16-9-11-27(13-16)14-19(20,21)22)24-10-8-17(28)26(2)12-15-6-4-3-5-7-15;/h3-7,16H,8-14H2,1-2H3,(H2,23,24,25);1H. The number of nitrogens with one attached hydrogen (secondary N) is 2. The summed E-state index contributed by atoms with van der Waals surface area (Å²) in [5, 5.41) is 6.19. The monoisotopic (exact) mass is 527 g/mol. The maximum absolute atomic E-state index is 12.5. The molecule has 0 spiro atoms. The van der Waals surface area contributed by atoms with Crippen LogP contribution in [0.3, 0.4) is 0 Å². The normalized spacial score (nSPS) is 17.6. The second-order valence-electron chi connectivity index (χ2n) is 6.96. The lowest BCUT2D eigenvalue weighted by atomic mass is 10.2. The molecule has 10 heteroatoms. The van der Waals surface area contributed by atoms with E-state index < -0.39 is 12.7 Å². The molecule has 0 aromatic heterocycles. The third kappa shape index (κ3) is 9.66. The number of guanidine groups is 1. The molecule has 0 aliphatic carbocycles. The number of carbonyl (C=O) groups is 1. The molecule has 0 saturated carbocycles. The van der Waals surface area contributed by atoms with Gasteiger partial charge in [-0.3, -0.25) is 14.7 Å². The third-order valence-electron chi connectivity index (χ3n) is 4.56. The summed E-state index contributed by atoms with van der Waals surface area (Å²) in [7, 11) is 3.36. The number of aliphatic imine (C=N–C) groups is 1. The highest BCUT2D eigenvalue weighted by Crippen LogP contribution is 2.19. The van der Waals surface area contributed by atoms with E-state index in [1.165, 1.54) is 4.90 Å². The van der Waals surface area contributed by atoms with E-state index in [0.717, 1.165) is 5.56 Å². The molecule has 1 atom stereocenters. The van der Waals surface area contributed by atoms with Crippen molar-refractivity contribution < 1.29 is 18.0 Å². The van der Waals surface area contributed by atoms with Gasteiger partial charge >= 0.3 is 6.18 Å². The van der Waals surface area contributed by atoms with E-state index in [4.69, 9.17) is 0 Å². The van der Waals surface area contributed by atoms with E-state index in [1.807, 2.05) is 30.3 Å². The Morgan fingerprint density at radius 1 is 1.31 bits per heavy atom. The molecule has 1 fully saturated rings. The van der Waals surface area contributed by atoms with Crippen molar-refractivity contribution in [3.05, 3.63) is 35.9 Å². The Bertz CT molecular complexity index is 657. The first-order valence-electron chi connectivity index (χ1n) is 9.31. The summed E-state index contributed by atoms with van der Waals surface area (Å²) in [6, 6.07) is 9.65. The van der Waals surface area contributed by atoms with Gasteiger partial charge < -0.3 is 15.5 Å². The summed E-state index contributed by atoms with van der Waals surface area (Å²) < 4.78 is 37.4. The van der Waals surface area contributed by atoms with Gasteiger partial charge in [0, 0.05) is 52.7 Å². The molecule has 29 heavy (non-hydrogen) atoms. The number of carbonyl (C=O) groups excluding carboxylic acids is 1. The molecular formula is C19H29F3IN5O. The van der Waals surface area contributed by atoms with Gasteiger partial charge in [0.2, 0.25) is 5.91 Å². The molecule has 6 nitrogen and oxygen atoms in total. The van der Waals surface area contributed by atoms with Crippen LogP contribution in [0.2, 0.25) is 0 Å². The van der Waals surface area contributed by atoms with E-state index in [2.05, 4.69) is 15.6 Å². The minimum atomic E-state index is -4.18. The van der Waals surface area contributed by atoms with Gasteiger partial charge in [0.05, 0.1) is 6.54 Å². The average molecular weight is 527 g/mol. The first-order valence-corrected chi connectivity index (χ1v) is 9.31. The van der Waals surface area contributed by atoms with E-state index in [0.29, 0.717) is 45.0 Å². The van der Waals surface area contributed by atoms with E-state index in [-0.39, 0.29) is 35.9 Å². The van der Waals surface area contributed by atoms with Gasteiger partial charge in [-0.1, -0.05) is 30.3 Å². The largest absolute Gasteiger partial charge is 0.401 e. The summed E-state index contributed by atoms with van der Waals surface area (Å²) in [4.78, 5) is 19.4. The molecule has 1 aliphatic heterocycles. The van der Waals surface area contributed by atoms with Gasteiger partial charge in [-0.2, -0.15) is 13.2 Å². The van der Waals surface area contributed by atoms with Crippen molar-refractivity contribution in [2.75, 3.05) is 40.3 Å². The molecule has 0 radical (unpaired) electrons. The number of benzene rings is 1. The summed E-state index contributed by atoms with van der Waals surface area (Å²) in [5.41, 5.74) is 1.06. The first-order chi connectivity index (χ1) is 13.3. The molecule has 1 amide bonds. The number of amides is 1. The summed E-state index contributed by atoms with van der Waals surface area (Å²) in [6.45, 7) is 0.774. The zero-order chi connectivity index (χ0) is 20.6. The fourth-order valence-electron chi connectivity index (χ4n) is 3.16. The van der Waals surface area contributed by atoms with Gasteiger partial charge in [0.1, 0.15) is 0 Å². The second kappa shape index (κ2) is 12.2. The van der Waals surface area contributed by atoms with Crippen LogP contribution in [0.5, 0.6) is 0 Å². The Morgan fingerprint density at radius 2 is 2.00 bits per heavy atom. The SMILES string of the molecule is CN=C(NCCC(=O)N(C)Cc1ccccc1)NC1CCN(CC(F)(F)F)C1.I. The van der Waals surface area contributed by atoms with Crippen LogP contribution in [0, 0.1) is 0 Å². The lowest BCUT2D eigenvalue weighted by Crippen LogP contribution is -2.46. The van der Waals surface area contributed by atoms with Crippen LogP contribution in [0.1, 0.15) is 18.4 Å². The highest BCUT2D eigenvalue weighted by molar-refractivity contribution is 14.0. The Labute approximate surface area is 186 Å². The van der Waals surface area contributed by atoms with Crippen LogP contribution in [0.15, 0.2) is 35.3 Å². The fraction of sp³-hybridized carbons (Fsp3) is 0.579. The van der Waals surface area contributed by atoms with Crippen LogP contribution >= 0.6 is 24.0 Å². The van der Waals surface area contributed by atoms with Crippen molar-refractivity contribution in [3.8, 4) is 0 Å². The van der Waals surface area contributed by atoms with Crippen molar-refractivity contribution in [3.63, 3.8) is 0 Å². The zero-order valence-corrected chi connectivity index (χ0v) is 19.0. The number of hydrogen-bond acceptors (Lipinski definition) is 3. The number of hydrogen-bond donors (Lipinski definition) is 2. The maximum Gasteiger partial charge on any atom is 0.401 e. The van der Waals surface area contributed by atoms with E-state index >= 15 is 0 Å². The van der Waals surface area contributed by atoms with Crippen molar-refractivity contribution in [1.29, 1.82) is 0 Å². The molecule has 0 bridgehead atoms. The fourth-order valence-corrected chi connectivity index (χ4v) is 3.16. The molecule has 1 aliphatic rings. The van der Waals surface area contributed by atoms with Crippen molar-refractivity contribution in [2.24, 2.45) is 4.99 Å². The summed E-state index contributed by atoms with van der Waals surface area (Å²) in [5.74, 6) is 0.501. The first kappa shape index (κ1) is 25.5. The molecular weight excluding hydrogens is 498 g/mol. The maximum atomic E-state index is 12.5. The van der Waals surface area contributed by atoms with E-state index in [1.54, 1.807) is 19.0 Å². The highest BCUT2D eigenvalue weighted by atomic mass is 127. The van der Waals surface area contributed by atoms with Gasteiger partial charge in [-0.25, -0.2) is 0 Å². The minimum absolute atomic E-state index is 0. The van der Waals surface area contributed by atoms with Crippen LogP contribution in [0.4, 0.5) is 13.2 Å². The van der Waals surface area contributed by atoms with Gasteiger partial charge in [-0.15, -0.1) is 24.0 Å². The topological polar surface area (TPSA) is 60.0 Å². The molecule has 164 valence electrons. The lowest BCUT2D eigenvalue weighted by molar-refractivity contribution is -0.143. The molecule has 1 unspecified atom stereocenters. The Kier molecular flexibility index (Phi) is 10.7. The van der Waals surface area contributed by atoms with Crippen LogP contribution in [-0.4, -0.2) is 74.2 Å². The van der Waals surface area contributed by atoms with Crippen molar-refractivity contribution in [2.45, 2.75) is 31.6 Å². The molecule has 1 saturated heterocycles. The third-order valence-corrected chi connectivity index (χ3v) is 4.56. The van der Waals surface area contributed by atoms with Gasteiger partial charge in [0.15, 0.2) is 5.96 Å². The van der Waals surface area contributed by atoms with Crippen LogP contribution in [-0.2, 0) is 11.3 Å². The quantitative estimate of drug-likeness (QED) is 0.325. The number of likely N-dealkylation sites (tertiary alicyclic amines) is 1. The predicted octanol–water partition coefficient (Wildman–Crippen LogP) is 2.45. The Hall–Kier alpha value is -1.56. The zero-order valence-electron chi connectivity index (χ0n) is 16.7. The number of rotatable bonds is 7. The highest BCUT2D eigenvalue weighted by Gasteiger charge is 2.34. The smallest absolute Gasteiger partial charge is 0.356 e. The predicted molar refractivity (Wildman–Crippen MR) is 118 cm³/mol. The number of nitrogens with zero attached hydrogens (tertiary/aromatic N) is 3. The molecule has 1 heterocycles. The summed E-state index contributed by atoms with van der Waals surface area (Å²) >= 11 is 0. The molecule has 2 rings (SSSR count). The Balaban J connectivity index is 0.00000420. The number of alkyl halides is 3. The Morgan fingerprint density at radius 3 is 2.62 bits per heavy atom.